The largest absolute Gasteiger partial charge is 0.454 e. The molecule has 0 aliphatic carbocycles. The maximum atomic E-state index is 13.1. The smallest absolute Gasteiger partial charge is 0.254 e. The Morgan fingerprint density at radius 1 is 0.931 bits per heavy atom. The molecule has 6 rings (SSSR count). The highest BCUT2D eigenvalue weighted by atomic mass is 16.7. The Kier molecular flexibility index (Phi) is 3.45. The molecule has 3 heterocycles. The van der Waals surface area contributed by atoms with Crippen LogP contribution >= 0.6 is 0 Å². The van der Waals surface area contributed by atoms with Crippen LogP contribution < -0.4 is 18.9 Å². The van der Waals surface area contributed by atoms with E-state index in [0.717, 1.165) is 62.4 Å². The molecule has 3 aliphatic rings. The maximum Gasteiger partial charge on any atom is 0.254 e. The zero-order valence-corrected chi connectivity index (χ0v) is 16.0. The average molecular weight is 389 g/mol. The van der Waals surface area contributed by atoms with Crippen molar-refractivity contribution in [1.82, 2.24) is 4.90 Å². The van der Waals surface area contributed by atoms with E-state index in [-0.39, 0.29) is 19.5 Å². The number of likely N-dealkylation sites (N-methyl/N-ethyl adjacent to an activating group) is 1. The van der Waals surface area contributed by atoms with Crippen LogP contribution in [0, 0.1) is 0 Å². The zero-order chi connectivity index (χ0) is 19.5. The van der Waals surface area contributed by atoms with Crippen LogP contribution in [0.1, 0.15) is 22.8 Å². The van der Waals surface area contributed by atoms with E-state index in [2.05, 4.69) is 0 Å². The number of amides is 1. The van der Waals surface area contributed by atoms with Crippen LogP contribution in [0.3, 0.4) is 0 Å². The molecule has 0 fully saturated rings. The molecule has 3 aromatic carbocycles. The number of nitrogens with zero attached hydrogens (tertiary/aromatic N) is 1. The summed E-state index contributed by atoms with van der Waals surface area (Å²) in [5, 5.41) is 1.95. The molecule has 1 amide bonds. The quantitative estimate of drug-likeness (QED) is 0.664. The van der Waals surface area contributed by atoms with Crippen molar-refractivity contribution >= 4 is 16.7 Å². The van der Waals surface area contributed by atoms with Gasteiger partial charge in [-0.25, -0.2) is 0 Å². The Morgan fingerprint density at radius 3 is 2.62 bits per heavy atom. The number of benzene rings is 3. The summed E-state index contributed by atoms with van der Waals surface area (Å²) in [6, 6.07) is 11.8. The van der Waals surface area contributed by atoms with E-state index in [1.165, 1.54) is 0 Å². The topological polar surface area (TPSA) is 57.2 Å². The van der Waals surface area contributed by atoms with Gasteiger partial charge in [-0.3, -0.25) is 4.79 Å². The normalized spacial score (nSPS) is 16.4. The molecule has 0 unspecified atom stereocenters. The lowest BCUT2D eigenvalue weighted by molar-refractivity contribution is 0.0749. The fourth-order valence-corrected chi connectivity index (χ4v) is 4.54. The molecule has 0 saturated carbocycles. The van der Waals surface area contributed by atoms with E-state index < -0.39 is 0 Å². The number of ether oxygens (including phenoxy) is 4. The van der Waals surface area contributed by atoms with Gasteiger partial charge in [0, 0.05) is 24.0 Å². The Hall–Kier alpha value is -3.41. The molecule has 0 spiro atoms. The van der Waals surface area contributed by atoms with Gasteiger partial charge in [-0.15, -0.1) is 0 Å². The number of carbonyl (C=O) groups excluding carboxylic acids is 1. The van der Waals surface area contributed by atoms with Gasteiger partial charge in [0.1, 0.15) is 0 Å². The average Bonchev–Trinajstić information content (AvgIpc) is 3.41. The summed E-state index contributed by atoms with van der Waals surface area (Å²) in [6.07, 6.45) is 0.791. The summed E-state index contributed by atoms with van der Waals surface area (Å²) in [5.41, 5.74) is 3.81. The van der Waals surface area contributed by atoms with Crippen LogP contribution in [0.2, 0.25) is 0 Å². The molecule has 0 saturated heterocycles. The summed E-state index contributed by atoms with van der Waals surface area (Å²) in [4.78, 5) is 15.0. The highest BCUT2D eigenvalue weighted by Gasteiger charge is 2.30. The predicted molar refractivity (Wildman–Crippen MR) is 107 cm³/mol. The highest BCUT2D eigenvalue weighted by molar-refractivity contribution is 6.10. The summed E-state index contributed by atoms with van der Waals surface area (Å²) < 4.78 is 22.6. The Bertz CT molecular complexity index is 1190. The van der Waals surface area contributed by atoms with Gasteiger partial charge in [-0.05, 0) is 59.7 Å². The lowest BCUT2D eigenvalue weighted by atomic mass is 9.85. The molecule has 0 bridgehead atoms. The van der Waals surface area contributed by atoms with Crippen molar-refractivity contribution < 1.29 is 23.7 Å². The van der Waals surface area contributed by atoms with Crippen LogP contribution in [-0.2, 0) is 6.42 Å². The van der Waals surface area contributed by atoms with Crippen molar-refractivity contribution in [1.29, 1.82) is 0 Å². The molecule has 3 aliphatic heterocycles. The van der Waals surface area contributed by atoms with E-state index in [1.54, 1.807) is 0 Å². The van der Waals surface area contributed by atoms with Gasteiger partial charge in [0.2, 0.25) is 13.6 Å². The number of rotatable bonds is 2. The minimum atomic E-state index is 0.0790. The molecule has 3 aromatic rings. The number of carbonyl (C=O) groups is 1. The van der Waals surface area contributed by atoms with Gasteiger partial charge in [0.05, 0.1) is 0 Å². The third kappa shape index (κ3) is 2.32. The first kappa shape index (κ1) is 16.5. The van der Waals surface area contributed by atoms with E-state index in [9.17, 15) is 4.79 Å². The lowest BCUT2D eigenvalue weighted by Crippen LogP contribution is -2.37. The summed E-state index contributed by atoms with van der Waals surface area (Å²) in [5.74, 6) is 3.01. The van der Waals surface area contributed by atoms with Gasteiger partial charge in [0.15, 0.2) is 23.0 Å². The van der Waals surface area contributed by atoms with Crippen molar-refractivity contribution in [2.45, 2.75) is 13.3 Å². The Labute approximate surface area is 167 Å². The molecular weight excluding hydrogens is 370 g/mol. The van der Waals surface area contributed by atoms with Gasteiger partial charge in [0.25, 0.3) is 5.91 Å². The van der Waals surface area contributed by atoms with Crippen molar-refractivity contribution in [3.8, 4) is 34.1 Å². The van der Waals surface area contributed by atoms with Crippen molar-refractivity contribution in [3.05, 3.63) is 47.5 Å². The van der Waals surface area contributed by atoms with Gasteiger partial charge in [-0.1, -0.05) is 12.1 Å². The second-order valence-corrected chi connectivity index (χ2v) is 7.38. The summed E-state index contributed by atoms with van der Waals surface area (Å²) >= 11 is 0. The predicted octanol–water partition coefficient (Wildman–Crippen LogP) is 3.98. The third-order valence-corrected chi connectivity index (χ3v) is 5.94. The SMILES string of the molecule is CCN1CCc2c(cc3ccc4c(c3c2-c2ccc3c(c2)OCO3)OCO4)C1=O. The van der Waals surface area contributed by atoms with E-state index in [4.69, 9.17) is 18.9 Å². The molecule has 0 atom stereocenters. The standard InChI is InChI=1S/C23H19NO5/c1-2-24-8-7-15-16(23(24)25)9-13-4-6-18-22(29-12-27-18)21(13)20(15)14-3-5-17-19(10-14)28-11-26-17/h3-6,9-10H,2,7-8,11-12H2,1H3. The second kappa shape index (κ2) is 6.04. The fraction of sp³-hybridized carbons (Fsp3) is 0.261. The van der Waals surface area contributed by atoms with E-state index in [1.807, 2.05) is 48.2 Å². The zero-order valence-electron chi connectivity index (χ0n) is 16.0. The van der Waals surface area contributed by atoms with E-state index >= 15 is 0 Å². The van der Waals surface area contributed by atoms with Crippen LogP contribution in [0.5, 0.6) is 23.0 Å². The summed E-state index contributed by atoms with van der Waals surface area (Å²) in [6.45, 7) is 3.85. The first-order chi connectivity index (χ1) is 14.2. The molecular formula is C23H19NO5. The monoisotopic (exact) mass is 389 g/mol. The number of hydrogen-bond acceptors (Lipinski definition) is 5. The third-order valence-electron chi connectivity index (χ3n) is 5.94. The van der Waals surface area contributed by atoms with Gasteiger partial charge in [-0.2, -0.15) is 0 Å². The van der Waals surface area contributed by atoms with Crippen molar-refractivity contribution in [2.75, 3.05) is 26.7 Å². The minimum Gasteiger partial charge on any atom is -0.454 e. The minimum absolute atomic E-state index is 0.0790. The Morgan fingerprint density at radius 2 is 1.72 bits per heavy atom. The maximum absolute atomic E-state index is 13.1. The fourth-order valence-electron chi connectivity index (χ4n) is 4.54. The second-order valence-electron chi connectivity index (χ2n) is 7.38. The Balaban J connectivity index is 1.69. The van der Waals surface area contributed by atoms with Crippen LogP contribution in [0.15, 0.2) is 36.4 Å². The van der Waals surface area contributed by atoms with Crippen LogP contribution in [0.25, 0.3) is 21.9 Å². The molecule has 146 valence electrons. The van der Waals surface area contributed by atoms with Crippen LogP contribution in [0.4, 0.5) is 0 Å². The molecule has 29 heavy (non-hydrogen) atoms. The molecule has 0 radical (unpaired) electrons. The van der Waals surface area contributed by atoms with Crippen molar-refractivity contribution in [3.63, 3.8) is 0 Å². The molecule has 6 heteroatoms. The number of fused-ring (bicyclic) bond motifs is 5. The van der Waals surface area contributed by atoms with Crippen molar-refractivity contribution in [2.24, 2.45) is 0 Å². The molecule has 0 aromatic heterocycles. The van der Waals surface area contributed by atoms with Crippen LogP contribution in [-0.4, -0.2) is 37.5 Å². The van der Waals surface area contributed by atoms with Gasteiger partial charge >= 0.3 is 0 Å². The molecule has 6 nitrogen and oxygen atoms in total. The highest BCUT2D eigenvalue weighted by Crippen LogP contribution is 2.48. The first-order valence-electron chi connectivity index (χ1n) is 9.82. The summed E-state index contributed by atoms with van der Waals surface area (Å²) in [7, 11) is 0. The first-order valence-corrected chi connectivity index (χ1v) is 9.82. The molecule has 0 N–H and O–H groups in total. The number of hydrogen-bond donors (Lipinski definition) is 0. The van der Waals surface area contributed by atoms with E-state index in [0.29, 0.717) is 13.1 Å². The lowest BCUT2D eigenvalue weighted by Gasteiger charge is -2.30. The van der Waals surface area contributed by atoms with Gasteiger partial charge < -0.3 is 23.8 Å².